The lowest BCUT2D eigenvalue weighted by molar-refractivity contribution is -0.134. The summed E-state index contributed by atoms with van der Waals surface area (Å²) in [5.74, 6) is -1.17. The van der Waals surface area contributed by atoms with Crippen LogP contribution in [0.4, 0.5) is 10.5 Å². The largest absolute Gasteiger partial charge is 0.325 e. The first kappa shape index (κ1) is 21.0. The maximum absolute atomic E-state index is 13.3. The van der Waals surface area contributed by atoms with Gasteiger partial charge < -0.3 is 10.2 Å². The van der Waals surface area contributed by atoms with E-state index in [1.165, 1.54) is 4.90 Å². The number of imide groups is 1. The minimum Gasteiger partial charge on any atom is -0.319 e. The van der Waals surface area contributed by atoms with Crippen molar-refractivity contribution in [1.82, 2.24) is 10.2 Å². The zero-order valence-corrected chi connectivity index (χ0v) is 17.8. The van der Waals surface area contributed by atoms with Gasteiger partial charge in [-0.3, -0.25) is 14.5 Å². The van der Waals surface area contributed by atoms with Crippen molar-refractivity contribution in [2.24, 2.45) is 0 Å². The van der Waals surface area contributed by atoms with Gasteiger partial charge in [0.2, 0.25) is 5.91 Å². The highest BCUT2D eigenvalue weighted by atomic mass is 32.2. The summed E-state index contributed by atoms with van der Waals surface area (Å²) in [4.78, 5) is 41.4. The Labute approximate surface area is 180 Å². The van der Waals surface area contributed by atoms with Gasteiger partial charge in [0.25, 0.3) is 5.91 Å². The molecular weight excluding hydrogens is 418 g/mol. The summed E-state index contributed by atoms with van der Waals surface area (Å²) >= 11 is 0. The molecule has 2 aromatic rings. The number of hydrogen-bond acceptors (Lipinski definition) is 5. The number of para-hydroxylation sites is 1. The Morgan fingerprint density at radius 1 is 1.10 bits per heavy atom. The maximum atomic E-state index is 13.3. The van der Waals surface area contributed by atoms with E-state index in [1.807, 2.05) is 6.07 Å². The normalized spacial score (nSPS) is 24.8. The van der Waals surface area contributed by atoms with Crippen LogP contribution in [0.1, 0.15) is 18.9 Å². The second-order valence-electron chi connectivity index (χ2n) is 7.97. The highest BCUT2D eigenvalue weighted by molar-refractivity contribution is 7.91. The molecule has 0 bridgehead atoms. The van der Waals surface area contributed by atoms with Crippen molar-refractivity contribution in [3.63, 3.8) is 0 Å². The Morgan fingerprint density at radius 2 is 1.71 bits per heavy atom. The quantitative estimate of drug-likeness (QED) is 0.711. The minimum absolute atomic E-state index is 0.00346. The molecule has 0 saturated carbocycles. The van der Waals surface area contributed by atoms with Gasteiger partial charge in [0.1, 0.15) is 12.1 Å². The highest BCUT2D eigenvalue weighted by Gasteiger charge is 2.50. The third-order valence-electron chi connectivity index (χ3n) is 5.80. The maximum Gasteiger partial charge on any atom is 0.325 e. The molecule has 0 aliphatic carbocycles. The van der Waals surface area contributed by atoms with E-state index >= 15 is 0 Å². The molecule has 0 aromatic heterocycles. The predicted octanol–water partition coefficient (Wildman–Crippen LogP) is 1.67. The number of carbonyl (C=O) groups is 3. The highest BCUT2D eigenvalue weighted by Crippen LogP contribution is 2.30. The van der Waals surface area contributed by atoms with E-state index in [4.69, 9.17) is 0 Å². The van der Waals surface area contributed by atoms with Gasteiger partial charge in [-0.15, -0.1) is 0 Å². The molecule has 0 unspecified atom stereocenters. The smallest absolute Gasteiger partial charge is 0.319 e. The van der Waals surface area contributed by atoms with E-state index in [1.54, 1.807) is 61.5 Å². The van der Waals surface area contributed by atoms with Crippen molar-refractivity contribution < 1.29 is 22.8 Å². The van der Waals surface area contributed by atoms with Crippen LogP contribution in [0.2, 0.25) is 0 Å². The Morgan fingerprint density at radius 3 is 2.29 bits per heavy atom. The van der Waals surface area contributed by atoms with Crippen LogP contribution < -0.4 is 10.2 Å². The van der Waals surface area contributed by atoms with E-state index in [9.17, 15) is 22.8 Å². The molecule has 162 valence electrons. The zero-order valence-electron chi connectivity index (χ0n) is 17.0. The lowest BCUT2D eigenvalue weighted by Crippen LogP contribution is -2.48. The van der Waals surface area contributed by atoms with Gasteiger partial charge in [0.05, 0.1) is 17.5 Å². The minimum atomic E-state index is -3.24. The summed E-state index contributed by atoms with van der Waals surface area (Å²) < 4.78 is 24.0. The van der Waals surface area contributed by atoms with Crippen LogP contribution in [0.15, 0.2) is 60.7 Å². The number of sulfone groups is 1. The van der Waals surface area contributed by atoms with Crippen molar-refractivity contribution in [2.45, 2.75) is 24.9 Å². The van der Waals surface area contributed by atoms with Gasteiger partial charge in [0.15, 0.2) is 9.84 Å². The summed E-state index contributed by atoms with van der Waals surface area (Å²) in [6.45, 7) is 1.13. The van der Waals surface area contributed by atoms with Gasteiger partial charge in [-0.05, 0) is 31.0 Å². The summed E-state index contributed by atoms with van der Waals surface area (Å²) in [5.41, 5.74) is -0.120. The van der Waals surface area contributed by atoms with Crippen molar-refractivity contribution >= 4 is 33.4 Å². The fourth-order valence-electron chi connectivity index (χ4n) is 4.15. The Kier molecular flexibility index (Phi) is 5.30. The molecule has 9 heteroatoms. The van der Waals surface area contributed by atoms with Crippen LogP contribution in [0.5, 0.6) is 0 Å². The molecule has 2 aromatic carbocycles. The van der Waals surface area contributed by atoms with Gasteiger partial charge >= 0.3 is 6.03 Å². The molecule has 8 nitrogen and oxygen atoms in total. The van der Waals surface area contributed by atoms with Crippen molar-refractivity contribution in [2.75, 3.05) is 23.0 Å². The SMILES string of the molecule is C[C@]1(c2ccccc2)NC(=O)N(CC(=O)N(c2ccccc2)[C@H]2CCS(=O)(=O)C2)C1=O. The van der Waals surface area contributed by atoms with E-state index in [0.717, 1.165) is 4.90 Å². The number of anilines is 1. The van der Waals surface area contributed by atoms with E-state index in [2.05, 4.69) is 5.32 Å². The molecule has 2 atom stereocenters. The van der Waals surface area contributed by atoms with Crippen LogP contribution in [-0.4, -0.2) is 55.3 Å². The van der Waals surface area contributed by atoms with Gasteiger partial charge in [0, 0.05) is 5.69 Å². The molecule has 4 amide bonds. The zero-order chi connectivity index (χ0) is 22.2. The number of rotatable bonds is 5. The summed E-state index contributed by atoms with van der Waals surface area (Å²) in [6.07, 6.45) is 0.310. The number of carbonyl (C=O) groups excluding carboxylic acids is 3. The van der Waals surface area contributed by atoms with Crippen molar-refractivity contribution in [3.05, 3.63) is 66.2 Å². The average molecular weight is 442 g/mol. The molecule has 0 radical (unpaired) electrons. The molecule has 2 fully saturated rings. The van der Waals surface area contributed by atoms with Gasteiger partial charge in [-0.1, -0.05) is 48.5 Å². The average Bonchev–Trinajstić information content (AvgIpc) is 3.21. The van der Waals surface area contributed by atoms with Crippen LogP contribution in [0.25, 0.3) is 0 Å². The topological polar surface area (TPSA) is 104 Å². The number of hydrogen-bond donors (Lipinski definition) is 1. The van der Waals surface area contributed by atoms with Gasteiger partial charge in [-0.2, -0.15) is 0 Å². The van der Waals surface area contributed by atoms with Crippen LogP contribution >= 0.6 is 0 Å². The molecule has 31 heavy (non-hydrogen) atoms. The predicted molar refractivity (Wildman–Crippen MR) is 115 cm³/mol. The number of nitrogens with zero attached hydrogens (tertiary/aromatic N) is 2. The second kappa shape index (κ2) is 7.81. The van der Waals surface area contributed by atoms with E-state index in [-0.39, 0.29) is 11.5 Å². The molecule has 0 spiro atoms. The first-order valence-corrected chi connectivity index (χ1v) is 11.8. The Hall–Kier alpha value is -3.20. The lowest BCUT2D eigenvalue weighted by Gasteiger charge is -2.30. The lowest BCUT2D eigenvalue weighted by atomic mass is 9.92. The number of urea groups is 1. The number of amides is 4. The fourth-order valence-corrected chi connectivity index (χ4v) is 5.85. The number of nitrogens with one attached hydrogen (secondary N) is 1. The molecule has 2 aliphatic rings. The van der Waals surface area contributed by atoms with Crippen LogP contribution in [0, 0.1) is 0 Å². The monoisotopic (exact) mass is 441 g/mol. The van der Waals surface area contributed by atoms with Crippen LogP contribution in [-0.2, 0) is 25.0 Å². The first-order valence-electron chi connectivity index (χ1n) is 9.98. The summed E-state index contributed by atoms with van der Waals surface area (Å²) in [6, 6.07) is 16.3. The van der Waals surface area contributed by atoms with Gasteiger partial charge in [-0.25, -0.2) is 13.2 Å². The molecule has 2 saturated heterocycles. The Bertz CT molecular complexity index is 1120. The van der Waals surface area contributed by atoms with Crippen molar-refractivity contribution in [1.29, 1.82) is 0 Å². The third-order valence-corrected chi connectivity index (χ3v) is 7.55. The standard InChI is InChI=1S/C22H23N3O5S/c1-22(16-8-4-2-5-9-16)20(27)24(21(28)23-22)14-19(26)25(17-10-6-3-7-11-17)18-12-13-31(29,30)15-18/h2-11,18H,12-15H2,1H3,(H,23,28)/t18-,22+/m0/s1. The molecule has 1 N–H and O–H groups in total. The van der Waals surface area contributed by atoms with E-state index in [0.29, 0.717) is 17.7 Å². The molecular formula is C22H23N3O5S. The summed E-state index contributed by atoms with van der Waals surface area (Å²) in [7, 11) is -3.24. The van der Waals surface area contributed by atoms with Crippen molar-refractivity contribution in [3.8, 4) is 0 Å². The number of benzene rings is 2. The molecule has 2 aliphatic heterocycles. The molecule has 4 rings (SSSR count). The molecule has 2 heterocycles. The third kappa shape index (κ3) is 3.93. The summed E-state index contributed by atoms with van der Waals surface area (Å²) in [5, 5.41) is 2.68. The first-order chi connectivity index (χ1) is 14.7. The Balaban J connectivity index is 1.60. The van der Waals surface area contributed by atoms with Crippen LogP contribution in [0.3, 0.4) is 0 Å². The van der Waals surface area contributed by atoms with E-state index < -0.39 is 45.8 Å². The fraction of sp³-hybridized carbons (Fsp3) is 0.318. The second-order valence-corrected chi connectivity index (χ2v) is 10.2.